The smallest absolute Gasteiger partial charge is 0.272 e. The van der Waals surface area contributed by atoms with Gasteiger partial charge in [0, 0.05) is 42.9 Å². The summed E-state index contributed by atoms with van der Waals surface area (Å²) in [6.07, 6.45) is 4.51. The van der Waals surface area contributed by atoms with Gasteiger partial charge in [-0.2, -0.15) is 0 Å². The predicted molar refractivity (Wildman–Crippen MR) is 108 cm³/mol. The monoisotopic (exact) mass is 385 g/mol. The lowest BCUT2D eigenvalue weighted by Gasteiger charge is -2.36. The number of amides is 1. The average Bonchev–Trinajstić information content (AvgIpc) is 3.21. The van der Waals surface area contributed by atoms with Gasteiger partial charge in [0.25, 0.3) is 5.91 Å². The molecular weight excluding hydrogens is 362 g/mol. The summed E-state index contributed by atoms with van der Waals surface area (Å²) < 4.78 is 0. The molecule has 1 amide bonds. The average molecular weight is 386 g/mol. The van der Waals surface area contributed by atoms with Crippen LogP contribution in [0, 0.1) is 0 Å². The first-order chi connectivity index (χ1) is 13.2. The summed E-state index contributed by atoms with van der Waals surface area (Å²) >= 11 is 6.09. The number of nitrogens with one attached hydrogen (secondary N) is 1. The van der Waals surface area contributed by atoms with Gasteiger partial charge in [0.15, 0.2) is 11.5 Å². The molecule has 1 saturated heterocycles. The lowest BCUT2D eigenvalue weighted by Crippen LogP contribution is -2.47. The van der Waals surface area contributed by atoms with Crippen LogP contribution < -0.4 is 15.1 Å². The largest absolute Gasteiger partial charge is 0.368 e. The zero-order chi connectivity index (χ0) is 18.6. The van der Waals surface area contributed by atoms with E-state index in [0.29, 0.717) is 11.7 Å². The molecule has 142 valence electrons. The van der Waals surface area contributed by atoms with Crippen LogP contribution in [0.3, 0.4) is 0 Å². The van der Waals surface area contributed by atoms with Gasteiger partial charge in [-0.15, -0.1) is 10.2 Å². The van der Waals surface area contributed by atoms with Crippen molar-refractivity contribution in [3.63, 3.8) is 0 Å². The Bertz CT molecular complexity index is 783. The van der Waals surface area contributed by atoms with E-state index in [0.717, 1.165) is 55.5 Å². The van der Waals surface area contributed by atoms with Gasteiger partial charge in [-0.3, -0.25) is 4.79 Å². The fourth-order valence-electron chi connectivity index (χ4n) is 3.81. The number of nitrogens with zero attached hydrogens (tertiary/aromatic N) is 4. The van der Waals surface area contributed by atoms with Gasteiger partial charge in [0.2, 0.25) is 0 Å². The van der Waals surface area contributed by atoms with E-state index < -0.39 is 0 Å². The third-order valence-electron chi connectivity index (χ3n) is 5.35. The molecule has 1 N–H and O–H groups in total. The van der Waals surface area contributed by atoms with E-state index >= 15 is 0 Å². The molecular formula is C20H24ClN5O. The van der Waals surface area contributed by atoms with Crippen LogP contribution >= 0.6 is 11.6 Å². The lowest BCUT2D eigenvalue weighted by molar-refractivity contribution is 0.0932. The van der Waals surface area contributed by atoms with Crippen LogP contribution in [0.2, 0.25) is 5.02 Å². The number of aromatic nitrogens is 2. The number of anilines is 2. The van der Waals surface area contributed by atoms with Crippen LogP contribution in [0.15, 0.2) is 36.4 Å². The van der Waals surface area contributed by atoms with E-state index in [1.807, 2.05) is 24.3 Å². The van der Waals surface area contributed by atoms with Crippen molar-refractivity contribution in [3.05, 3.63) is 47.1 Å². The Morgan fingerprint density at radius 1 is 1.00 bits per heavy atom. The summed E-state index contributed by atoms with van der Waals surface area (Å²) in [7, 11) is 0. The third-order valence-corrected chi connectivity index (χ3v) is 5.59. The number of hydrogen-bond donors (Lipinski definition) is 1. The molecule has 2 aliphatic rings. The summed E-state index contributed by atoms with van der Waals surface area (Å²) in [5.74, 6) is 0.699. The highest BCUT2D eigenvalue weighted by Crippen LogP contribution is 2.22. The molecule has 0 bridgehead atoms. The van der Waals surface area contributed by atoms with Gasteiger partial charge in [-0.05, 0) is 43.2 Å². The molecule has 27 heavy (non-hydrogen) atoms. The Kier molecular flexibility index (Phi) is 5.43. The molecule has 1 aliphatic carbocycles. The maximum atomic E-state index is 12.3. The molecule has 6 nitrogen and oxygen atoms in total. The highest BCUT2D eigenvalue weighted by molar-refractivity contribution is 6.30. The molecule has 2 heterocycles. The van der Waals surface area contributed by atoms with Gasteiger partial charge in [0.1, 0.15) is 0 Å². The van der Waals surface area contributed by atoms with E-state index in [9.17, 15) is 4.79 Å². The van der Waals surface area contributed by atoms with Crippen LogP contribution in [-0.2, 0) is 0 Å². The first-order valence-electron chi connectivity index (χ1n) is 9.59. The van der Waals surface area contributed by atoms with Gasteiger partial charge < -0.3 is 15.1 Å². The lowest BCUT2D eigenvalue weighted by atomic mass is 10.2. The summed E-state index contributed by atoms with van der Waals surface area (Å²) in [5, 5.41) is 12.2. The van der Waals surface area contributed by atoms with E-state index in [-0.39, 0.29) is 5.91 Å². The van der Waals surface area contributed by atoms with Crippen molar-refractivity contribution in [1.82, 2.24) is 15.5 Å². The molecule has 0 spiro atoms. The Balaban J connectivity index is 1.34. The summed E-state index contributed by atoms with van der Waals surface area (Å²) in [5.41, 5.74) is 1.54. The fraction of sp³-hybridized carbons (Fsp3) is 0.450. The SMILES string of the molecule is O=C(NC1CCCC1)c1ccc(N2CCN(c3cccc(Cl)c3)CC2)nn1. The van der Waals surface area contributed by atoms with Gasteiger partial charge in [-0.1, -0.05) is 30.5 Å². The number of hydrogen-bond acceptors (Lipinski definition) is 5. The van der Waals surface area contributed by atoms with E-state index in [1.54, 1.807) is 6.07 Å². The molecule has 1 aliphatic heterocycles. The highest BCUT2D eigenvalue weighted by atomic mass is 35.5. The van der Waals surface area contributed by atoms with E-state index in [4.69, 9.17) is 11.6 Å². The Hall–Kier alpha value is -2.34. The van der Waals surface area contributed by atoms with E-state index in [2.05, 4.69) is 31.4 Å². The third kappa shape index (κ3) is 4.33. The summed E-state index contributed by atoms with van der Waals surface area (Å²) in [4.78, 5) is 16.8. The standard InChI is InChI=1S/C20H24ClN5O/c21-15-4-3-7-17(14-15)25-10-12-26(13-11-25)19-9-8-18(23-24-19)20(27)22-16-5-1-2-6-16/h3-4,7-9,14,16H,1-2,5-6,10-13H2,(H,22,27). The van der Waals surface area contributed by atoms with Crippen molar-refractivity contribution in [1.29, 1.82) is 0 Å². The molecule has 1 saturated carbocycles. The Morgan fingerprint density at radius 3 is 2.41 bits per heavy atom. The normalized spacial score (nSPS) is 18.0. The Labute approximate surface area is 164 Å². The van der Waals surface area contributed by atoms with Crippen LogP contribution in [0.5, 0.6) is 0 Å². The number of piperazine rings is 1. The quantitative estimate of drug-likeness (QED) is 0.876. The summed E-state index contributed by atoms with van der Waals surface area (Å²) in [6.45, 7) is 3.50. The second kappa shape index (κ2) is 8.13. The van der Waals surface area contributed by atoms with Crippen molar-refractivity contribution < 1.29 is 4.79 Å². The predicted octanol–water partition coefficient (Wildman–Crippen LogP) is 3.13. The number of halogens is 1. The topological polar surface area (TPSA) is 61.4 Å². The van der Waals surface area contributed by atoms with Crippen molar-refractivity contribution in [2.75, 3.05) is 36.0 Å². The molecule has 1 aromatic carbocycles. The number of carbonyl (C=O) groups excluding carboxylic acids is 1. The van der Waals surface area contributed by atoms with Gasteiger partial charge in [-0.25, -0.2) is 0 Å². The van der Waals surface area contributed by atoms with Crippen LogP contribution in [-0.4, -0.2) is 48.3 Å². The van der Waals surface area contributed by atoms with Crippen LogP contribution in [0.4, 0.5) is 11.5 Å². The maximum absolute atomic E-state index is 12.3. The second-order valence-electron chi connectivity index (χ2n) is 7.19. The fourth-order valence-corrected chi connectivity index (χ4v) is 4.00. The molecule has 0 unspecified atom stereocenters. The van der Waals surface area contributed by atoms with Crippen LogP contribution in [0.1, 0.15) is 36.2 Å². The summed E-state index contributed by atoms with van der Waals surface area (Å²) in [6, 6.07) is 11.9. The second-order valence-corrected chi connectivity index (χ2v) is 7.62. The van der Waals surface area contributed by atoms with Gasteiger partial charge >= 0.3 is 0 Å². The van der Waals surface area contributed by atoms with Gasteiger partial charge in [0.05, 0.1) is 0 Å². The minimum Gasteiger partial charge on any atom is -0.368 e. The zero-order valence-corrected chi connectivity index (χ0v) is 16.0. The number of carbonyl (C=O) groups is 1. The molecule has 0 atom stereocenters. The van der Waals surface area contributed by atoms with Crippen LogP contribution in [0.25, 0.3) is 0 Å². The van der Waals surface area contributed by atoms with Crippen molar-refractivity contribution in [2.24, 2.45) is 0 Å². The number of benzene rings is 1. The minimum atomic E-state index is -0.119. The first kappa shape index (κ1) is 18.0. The molecule has 2 aromatic rings. The van der Waals surface area contributed by atoms with Crippen molar-refractivity contribution >= 4 is 29.0 Å². The van der Waals surface area contributed by atoms with E-state index in [1.165, 1.54) is 12.8 Å². The molecule has 2 fully saturated rings. The maximum Gasteiger partial charge on any atom is 0.272 e. The molecule has 7 heteroatoms. The molecule has 4 rings (SSSR count). The molecule has 0 radical (unpaired) electrons. The zero-order valence-electron chi connectivity index (χ0n) is 15.3. The minimum absolute atomic E-state index is 0.119. The first-order valence-corrected chi connectivity index (χ1v) is 9.97. The van der Waals surface area contributed by atoms with Crippen molar-refractivity contribution in [3.8, 4) is 0 Å². The Morgan fingerprint density at radius 2 is 1.74 bits per heavy atom. The van der Waals surface area contributed by atoms with Crippen molar-refractivity contribution in [2.45, 2.75) is 31.7 Å². The number of rotatable bonds is 4. The highest BCUT2D eigenvalue weighted by Gasteiger charge is 2.21. The molecule has 1 aromatic heterocycles.